The number of rotatable bonds is 4. The zero-order chi connectivity index (χ0) is 23.2. The summed E-state index contributed by atoms with van der Waals surface area (Å²) in [7, 11) is 1.54. The summed E-state index contributed by atoms with van der Waals surface area (Å²) in [6, 6.07) is 12.7. The van der Waals surface area contributed by atoms with Gasteiger partial charge in [0, 0.05) is 36.1 Å². The Morgan fingerprint density at radius 2 is 1.81 bits per heavy atom. The molecule has 2 aromatic carbocycles. The van der Waals surface area contributed by atoms with Gasteiger partial charge in [-0.05, 0) is 35.9 Å². The number of aliphatic carboxylic acids is 1. The zero-order valence-electron chi connectivity index (χ0n) is 17.0. The van der Waals surface area contributed by atoms with Crippen molar-refractivity contribution in [2.75, 3.05) is 31.6 Å². The van der Waals surface area contributed by atoms with Crippen molar-refractivity contribution in [3.8, 4) is 6.07 Å². The van der Waals surface area contributed by atoms with Crippen LogP contribution in [0.15, 0.2) is 42.5 Å². The van der Waals surface area contributed by atoms with E-state index in [0.29, 0.717) is 5.56 Å². The monoisotopic (exact) mass is 472 g/mol. The number of likely N-dealkylation sites (tertiary alicyclic amines) is 1. The smallest absolute Gasteiger partial charge is 0.332 e. The minimum absolute atomic E-state index is 0.0514. The van der Waals surface area contributed by atoms with Gasteiger partial charge in [0.25, 0.3) is 5.91 Å². The highest BCUT2D eigenvalue weighted by molar-refractivity contribution is 6.35. The fourth-order valence-corrected chi connectivity index (χ4v) is 5.12. The Hall–Kier alpha value is -3.12. The van der Waals surface area contributed by atoms with E-state index in [1.807, 2.05) is 0 Å². The highest BCUT2D eigenvalue weighted by Crippen LogP contribution is 2.46. The number of carbonyl (C=O) groups excluding carboxylic acids is 2. The Balaban J connectivity index is 1.82. The molecule has 2 aliphatic heterocycles. The number of nitrogens with zero attached hydrogens (tertiary/aromatic N) is 4. The molecule has 2 aliphatic rings. The molecule has 0 unspecified atom stereocenters. The predicted octanol–water partition coefficient (Wildman–Crippen LogP) is 3.19. The number of carboxylic acids is 1. The van der Waals surface area contributed by atoms with E-state index in [1.165, 1.54) is 30.1 Å². The molecule has 164 valence electrons. The molecule has 2 atom stereocenters. The van der Waals surface area contributed by atoms with Gasteiger partial charge in [-0.15, -0.1) is 0 Å². The molecule has 2 saturated heterocycles. The SMILES string of the molecule is CN1C(=O)N(c2cc(Cl)cc(Cl)c2)C(=O)[C@]12CN(CC(=O)O)C[C@H]2c1ccc(C#N)cc1. The number of imide groups is 1. The Labute approximate surface area is 194 Å². The normalized spacial score (nSPS) is 23.2. The van der Waals surface area contributed by atoms with Crippen molar-refractivity contribution in [3.63, 3.8) is 0 Å². The number of hydrogen-bond acceptors (Lipinski definition) is 5. The van der Waals surface area contributed by atoms with E-state index in [0.717, 1.165) is 10.5 Å². The third-order valence-corrected chi connectivity index (χ3v) is 6.48. The van der Waals surface area contributed by atoms with Gasteiger partial charge in [0.15, 0.2) is 0 Å². The van der Waals surface area contributed by atoms with E-state index in [9.17, 15) is 19.5 Å². The van der Waals surface area contributed by atoms with Crippen molar-refractivity contribution in [2.24, 2.45) is 0 Å². The summed E-state index contributed by atoms with van der Waals surface area (Å²) in [5.74, 6) is -2.01. The number of nitriles is 1. The maximum Gasteiger partial charge on any atom is 0.332 e. The molecule has 2 fully saturated rings. The van der Waals surface area contributed by atoms with Crippen LogP contribution >= 0.6 is 23.2 Å². The molecule has 32 heavy (non-hydrogen) atoms. The lowest BCUT2D eigenvalue weighted by Crippen LogP contribution is -2.53. The van der Waals surface area contributed by atoms with Crippen LogP contribution in [0.5, 0.6) is 0 Å². The summed E-state index contributed by atoms with van der Waals surface area (Å²) in [6.07, 6.45) is 0. The molecule has 0 aromatic heterocycles. The van der Waals surface area contributed by atoms with Crippen molar-refractivity contribution in [2.45, 2.75) is 11.5 Å². The van der Waals surface area contributed by atoms with Crippen LogP contribution in [0.4, 0.5) is 10.5 Å². The second-order valence-corrected chi connectivity index (χ2v) is 8.76. The Bertz CT molecular complexity index is 1140. The molecule has 3 amide bonds. The largest absolute Gasteiger partial charge is 0.480 e. The number of anilines is 1. The Kier molecular flexibility index (Phi) is 5.59. The number of amides is 3. The molecule has 0 aliphatic carbocycles. The molecule has 0 saturated carbocycles. The van der Waals surface area contributed by atoms with Gasteiger partial charge >= 0.3 is 12.0 Å². The molecule has 0 radical (unpaired) electrons. The first-order valence-electron chi connectivity index (χ1n) is 9.70. The van der Waals surface area contributed by atoms with E-state index in [1.54, 1.807) is 29.2 Å². The molecule has 4 rings (SSSR count). The van der Waals surface area contributed by atoms with Crippen molar-refractivity contribution in [3.05, 3.63) is 63.6 Å². The van der Waals surface area contributed by atoms with Gasteiger partial charge < -0.3 is 10.0 Å². The topological polar surface area (TPSA) is 105 Å². The number of hydrogen-bond donors (Lipinski definition) is 1. The zero-order valence-corrected chi connectivity index (χ0v) is 18.5. The number of urea groups is 1. The number of halogens is 2. The first kappa shape index (κ1) is 22.1. The Morgan fingerprint density at radius 1 is 1.19 bits per heavy atom. The maximum atomic E-state index is 13.9. The highest BCUT2D eigenvalue weighted by Gasteiger charge is 2.64. The van der Waals surface area contributed by atoms with Crippen molar-refractivity contribution in [1.29, 1.82) is 5.26 Å². The van der Waals surface area contributed by atoms with Crippen molar-refractivity contribution >= 4 is 46.8 Å². The van der Waals surface area contributed by atoms with Crippen LogP contribution in [0.2, 0.25) is 10.0 Å². The standard InChI is InChI=1S/C22H18Cl2N4O4/c1-26-21(32)28(17-7-15(23)6-16(24)8-17)20(31)22(26)12-27(11-19(29)30)10-18(22)14-4-2-13(9-25)3-5-14/h2-8,18H,10-12H2,1H3,(H,29,30)/t18-,22+/m0/s1. The minimum atomic E-state index is -1.32. The summed E-state index contributed by atoms with van der Waals surface area (Å²) in [6.45, 7) is 0.0361. The average Bonchev–Trinajstić information content (AvgIpc) is 3.19. The number of carboxylic acid groups (broad SMARTS) is 1. The number of likely N-dealkylation sites (N-methyl/N-ethyl adjacent to an activating group) is 1. The molecule has 8 nitrogen and oxygen atoms in total. The first-order valence-corrected chi connectivity index (χ1v) is 10.5. The minimum Gasteiger partial charge on any atom is -0.480 e. The van der Waals surface area contributed by atoms with Crippen LogP contribution in [0, 0.1) is 11.3 Å². The molecule has 1 spiro atoms. The van der Waals surface area contributed by atoms with Gasteiger partial charge in [0.2, 0.25) is 0 Å². The van der Waals surface area contributed by atoms with E-state index < -0.39 is 29.4 Å². The third kappa shape index (κ3) is 3.48. The van der Waals surface area contributed by atoms with E-state index in [4.69, 9.17) is 28.5 Å². The lowest BCUT2D eigenvalue weighted by atomic mass is 9.80. The van der Waals surface area contributed by atoms with Crippen molar-refractivity contribution in [1.82, 2.24) is 9.80 Å². The van der Waals surface area contributed by atoms with Gasteiger partial charge in [0.1, 0.15) is 5.54 Å². The van der Waals surface area contributed by atoms with Crippen LogP contribution in [0.1, 0.15) is 17.0 Å². The van der Waals surface area contributed by atoms with Gasteiger partial charge in [-0.2, -0.15) is 5.26 Å². The lowest BCUT2D eigenvalue weighted by Gasteiger charge is -2.34. The van der Waals surface area contributed by atoms with Gasteiger partial charge in [-0.1, -0.05) is 35.3 Å². The van der Waals surface area contributed by atoms with Crippen LogP contribution in [0.3, 0.4) is 0 Å². The summed E-state index contributed by atoms with van der Waals surface area (Å²) in [5, 5.41) is 19.0. The molecule has 2 heterocycles. The van der Waals surface area contributed by atoms with E-state index in [2.05, 4.69) is 6.07 Å². The summed E-state index contributed by atoms with van der Waals surface area (Å²) < 4.78 is 0. The predicted molar refractivity (Wildman–Crippen MR) is 118 cm³/mol. The first-order chi connectivity index (χ1) is 15.2. The van der Waals surface area contributed by atoms with Crippen LogP contribution in [-0.4, -0.2) is 65.0 Å². The summed E-state index contributed by atoms with van der Waals surface area (Å²) in [5.41, 5.74) is 0.114. The molecular weight excluding hydrogens is 455 g/mol. The fraction of sp³-hybridized carbons (Fsp3) is 0.273. The van der Waals surface area contributed by atoms with Crippen LogP contribution in [0.25, 0.3) is 0 Å². The van der Waals surface area contributed by atoms with Gasteiger partial charge in [-0.25, -0.2) is 9.69 Å². The fourth-order valence-electron chi connectivity index (χ4n) is 4.60. The van der Waals surface area contributed by atoms with Crippen molar-refractivity contribution < 1.29 is 19.5 Å². The molecule has 2 aromatic rings. The highest BCUT2D eigenvalue weighted by atomic mass is 35.5. The molecule has 10 heteroatoms. The molecule has 0 bridgehead atoms. The quantitative estimate of drug-likeness (QED) is 0.684. The maximum absolute atomic E-state index is 13.9. The van der Waals surface area contributed by atoms with E-state index >= 15 is 0 Å². The lowest BCUT2D eigenvalue weighted by molar-refractivity contribution is -0.138. The second-order valence-electron chi connectivity index (χ2n) is 7.88. The Morgan fingerprint density at radius 3 is 2.38 bits per heavy atom. The van der Waals surface area contributed by atoms with Gasteiger partial charge in [-0.3, -0.25) is 14.5 Å². The van der Waals surface area contributed by atoms with Gasteiger partial charge in [0.05, 0.1) is 23.9 Å². The molecular formula is C22H18Cl2N4O4. The molecule has 1 N–H and O–H groups in total. The van der Waals surface area contributed by atoms with Crippen LogP contribution in [-0.2, 0) is 9.59 Å². The summed E-state index contributed by atoms with van der Waals surface area (Å²) in [4.78, 5) is 42.6. The number of carbonyl (C=O) groups is 3. The average molecular weight is 473 g/mol. The van der Waals surface area contributed by atoms with E-state index in [-0.39, 0.29) is 35.4 Å². The second kappa shape index (κ2) is 8.10. The van der Waals surface area contributed by atoms with Crippen LogP contribution < -0.4 is 4.90 Å². The third-order valence-electron chi connectivity index (χ3n) is 6.04. The number of benzene rings is 2. The summed E-state index contributed by atoms with van der Waals surface area (Å²) >= 11 is 12.2.